The van der Waals surface area contributed by atoms with Crippen LogP contribution in [0, 0.1) is 0 Å². The second-order valence-corrected chi connectivity index (χ2v) is 7.32. The molecule has 0 aliphatic rings. The van der Waals surface area contributed by atoms with Crippen LogP contribution in [0.4, 0.5) is 0 Å². The Labute approximate surface area is 135 Å². The molecule has 0 aliphatic heterocycles. The average Bonchev–Trinajstić information content (AvgIpc) is 2.46. The molecule has 0 amide bonds. The van der Waals surface area contributed by atoms with Crippen LogP contribution in [0.3, 0.4) is 0 Å². The number of rotatable bonds is 6. The van der Waals surface area contributed by atoms with Crippen LogP contribution in [0.5, 0.6) is 11.5 Å². The molecule has 0 radical (unpaired) electrons. The molecule has 22 heavy (non-hydrogen) atoms. The van der Waals surface area contributed by atoms with Gasteiger partial charge in [0.15, 0.2) is 17.4 Å². The lowest BCUT2D eigenvalue weighted by atomic mass is 10.3. The summed E-state index contributed by atoms with van der Waals surface area (Å²) < 4.78 is 35.5. The smallest absolute Gasteiger partial charge is 0.213 e. The fourth-order valence-corrected chi connectivity index (χ4v) is 2.87. The number of hydrogen-bond acceptors (Lipinski definition) is 4. The third-order valence-corrected chi connectivity index (χ3v) is 4.42. The summed E-state index contributed by atoms with van der Waals surface area (Å²) in [5.41, 5.74) is 0. The summed E-state index contributed by atoms with van der Waals surface area (Å²) >= 11 is 5.76. The van der Waals surface area contributed by atoms with Gasteiger partial charge in [0.2, 0.25) is 9.84 Å². The lowest BCUT2D eigenvalue weighted by Crippen LogP contribution is -2.14. The van der Waals surface area contributed by atoms with Crippen LogP contribution in [0.15, 0.2) is 53.4 Å². The summed E-state index contributed by atoms with van der Waals surface area (Å²) in [6, 6.07) is 13.0. The van der Waals surface area contributed by atoms with E-state index in [2.05, 4.69) is 0 Å². The monoisotopic (exact) mass is 340 g/mol. The predicted molar refractivity (Wildman–Crippen MR) is 86.3 cm³/mol. The van der Waals surface area contributed by atoms with Gasteiger partial charge in [-0.05, 0) is 50.2 Å². The lowest BCUT2D eigenvalue weighted by Gasteiger charge is -2.14. The highest BCUT2D eigenvalue weighted by Crippen LogP contribution is 2.28. The van der Waals surface area contributed by atoms with Crippen molar-refractivity contribution < 1.29 is 17.9 Å². The summed E-state index contributed by atoms with van der Waals surface area (Å²) in [5, 5.41) is 0.482. The quantitative estimate of drug-likeness (QED) is 0.799. The normalized spacial score (nSPS) is 11.5. The van der Waals surface area contributed by atoms with E-state index in [1.807, 2.05) is 13.8 Å². The minimum atomic E-state index is -3.56. The highest BCUT2D eigenvalue weighted by Gasteiger charge is 2.16. The van der Waals surface area contributed by atoms with Crippen molar-refractivity contribution in [1.29, 1.82) is 0 Å². The summed E-state index contributed by atoms with van der Waals surface area (Å²) in [7, 11) is -3.56. The van der Waals surface area contributed by atoms with Crippen LogP contribution < -0.4 is 9.47 Å². The van der Waals surface area contributed by atoms with Crippen LogP contribution in [-0.2, 0) is 9.84 Å². The Morgan fingerprint density at radius 2 is 1.59 bits per heavy atom. The van der Waals surface area contributed by atoms with E-state index in [1.165, 1.54) is 24.3 Å². The molecule has 0 atom stereocenters. The van der Waals surface area contributed by atoms with Crippen molar-refractivity contribution in [3.05, 3.63) is 53.6 Å². The maximum atomic E-state index is 12.2. The maximum absolute atomic E-state index is 12.2. The Morgan fingerprint density at radius 1 is 1.00 bits per heavy atom. The van der Waals surface area contributed by atoms with Gasteiger partial charge in [-0.3, -0.25) is 0 Å². The van der Waals surface area contributed by atoms with Gasteiger partial charge >= 0.3 is 0 Å². The Kier molecular flexibility index (Phi) is 5.32. The van der Waals surface area contributed by atoms with Crippen LogP contribution in [0.25, 0.3) is 0 Å². The van der Waals surface area contributed by atoms with Gasteiger partial charge in [-0.2, -0.15) is 0 Å². The van der Waals surface area contributed by atoms with E-state index < -0.39 is 15.8 Å². The molecule has 0 spiro atoms. The van der Waals surface area contributed by atoms with Crippen LogP contribution in [0.1, 0.15) is 13.8 Å². The van der Waals surface area contributed by atoms with Crippen LogP contribution >= 0.6 is 11.6 Å². The van der Waals surface area contributed by atoms with Gasteiger partial charge in [0, 0.05) is 5.02 Å². The number of sulfone groups is 1. The highest BCUT2D eigenvalue weighted by atomic mass is 35.5. The van der Waals surface area contributed by atoms with E-state index in [1.54, 1.807) is 24.3 Å². The number of benzene rings is 2. The van der Waals surface area contributed by atoms with Crippen molar-refractivity contribution in [3.8, 4) is 11.5 Å². The summed E-state index contributed by atoms with van der Waals surface area (Å²) in [4.78, 5) is 0.166. The van der Waals surface area contributed by atoms with Gasteiger partial charge in [0.1, 0.15) is 0 Å². The van der Waals surface area contributed by atoms with Gasteiger partial charge in [0.25, 0.3) is 0 Å². The first-order valence-electron chi connectivity index (χ1n) is 6.75. The zero-order chi connectivity index (χ0) is 16.2. The number of hydrogen-bond donors (Lipinski definition) is 0. The molecule has 6 heteroatoms. The summed E-state index contributed by atoms with van der Waals surface area (Å²) in [6.07, 6.45) is -0.0300. The second-order valence-electron chi connectivity index (χ2n) is 4.94. The molecule has 0 aromatic heterocycles. The van der Waals surface area contributed by atoms with E-state index >= 15 is 0 Å². The molecule has 0 heterocycles. The molecule has 4 nitrogen and oxygen atoms in total. The van der Waals surface area contributed by atoms with E-state index in [9.17, 15) is 8.42 Å². The minimum Gasteiger partial charge on any atom is -0.487 e. The fraction of sp³-hybridized carbons (Fsp3) is 0.250. The Hall–Kier alpha value is -1.72. The zero-order valence-electron chi connectivity index (χ0n) is 12.3. The van der Waals surface area contributed by atoms with Crippen LogP contribution in [0.2, 0.25) is 5.02 Å². The molecule has 2 aromatic carbocycles. The van der Waals surface area contributed by atoms with Crippen molar-refractivity contribution in [1.82, 2.24) is 0 Å². The van der Waals surface area contributed by atoms with Crippen molar-refractivity contribution in [3.63, 3.8) is 0 Å². The van der Waals surface area contributed by atoms with E-state index in [0.29, 0.717) is 16.5 Å². The van der Waals surface area contributed by atoms with Crippen molar-refractivity contribution in [2.75, 3.05) is 5.94 Å². The Balaban J connectivity index is 2.14. The van der Waals surface area contributed by atoms with Gasteiger partial charge in [-0.1, -0.05) is 23.7 Å². The molecule has 0 unspecified atom stereocenters. The van der Waals surface area contributed by atoms with E-state index in [4.69, 9.17) is 21.1 Å². The van der Waals surface area contributed by atoms with E-state index in [-0.39, 0.29) is 11.0 Å². The number of halogens is 1. The SMILES string of the molecule is CC(C)Oc1ccccc1OCS(=O)(=O)c1ccc(Cl)cc1. The molecule has 0 saturated heterocycles. The first-order valence-corrected chi connectivity index (χ1v) is 8.78. The third-order valence-electron chi connectivity index (χ3n) is 2.75. The van der Waals surface area contributed by atoms with Gasteiger partial charge < -0.3 is 9.47 Å². The Morgan fingerprint density at radius 3 is 2.18 bits per heavy atom. The summed E-state index contributed by atoms with van der Waals surface area (Å²) in [5.74, 6) is 0.449. The first kappa shape index (κ1) is 16.6. The third kappa shape index (κ3) is 4.39. The molecule has 0 aliphatic carbocycles. The summed E-state index contributed by atoms with van der Waals surface area (Å²) in [6.45, 7) is 3.78. The standard InChI is InChI=1S/C16H17ClO4S/c1-12(2)21-16-6-4-3-5-15(16)20-11-22(18,19)14-9-7-13(17)8-10-14/h3-10,12H,11H2,1-2H3. The first-order chi connectivity index (χ1) is 10.4. The molecular formula is C16H17ClO4S. The second kappa shape index (κ2) is 7.03. The van der Waals surface area contributed by atoms with Gasteiger partial charge in [-0.25, -0.2) is 8.42 Å². The molecule has 0 saturated carbocycles. The topological polar surface area (TPSA) is 52.6 Å². The average molecular weight is 341 g/mol. The molecule has 0 bridgehead atoms. The predicted octanol–water partition coefficient (Wildman–Crippen LogP) is 3.94. The van der Waals surface area contributed by atoms with E-state index in [0.717, 1.165) is 0 Å². The molecular weight excluding hydrogens is 324 g/mol. The largest absolute Gasteiger partial charge is 0.487 e. The number of ether oxygens (including phenoxy) is 2. The fourth-order valence-electron chi connectivity index (χ4n) is 1.77. The Bertz CT molecular complexity index is 724. The molecule has 2 aromatic rings. The lowest BCUT2D eigenvalue weighted by molar-refractivity contribution is 0.228. The number of para-hydroxylation sites is 2. The van der Waals surface area contributed by atoms with Crippen molar-refractivity contribution >= 4 is 21.4 Å². The molecule has 118 valence electrons. The maximum Gasteiger partial charge on any atom is 0.213 e. The molecule has 2 rings (SSSR count). The van der Waals surface area contributed by atoms with Gasteiger partial charge in [0.05, 0.1) is 11.0 Å². The van der Waals surface area contributed by atoms with Gasteiger partial charge in [-0.15, -0.1) is 0 Å². The zero-order valence-corrected chi connectivity index (χ0v) is 13.9. The van der Waals surface area contributed by atoms with Crippen molar-refractivity contribution in [2.24, 2.45) is 0 Å². The molecule has 0 fully saturated rings. The minimum absolute atomic E-state index is 0.0300. The van der Waals surface area contributed by atoms with Crippen LogP contribution in [-0.4, -0.2) is 20.5 Å². The molecule has 0 N–H and O–H groups in total. The van der Waals surface area contributed by atoms with Crippen molar-refractivity contribution in [2.45, 2.75) is 24.8 Å². The highest BCUT2D eigenvalue weighted by molar-refractivity contribution is 7.91.